The summed E-state index contributed by atoms with van der Waals surface area (Å²) < 4.78 is 31.5. The van der Waals surface area contributed by atoms with Gasteiger partial charge in [-0.1, -0.05) is 6.92 Å². The molecular weight excluding hydrogens is 284 g/mol. The highest BCUT2D eigenvalue weighted by Gasteiger charge is 2.21. The van der Waals surface area contributed by atoms with Crippen LogP contribution in [0.15, 0.2) is 23.1 Å². The van der Waals surface area contributed by atoms with Gasteiger partial charge in [0.15, 0.2) is 0 Å². The van der Waals surface area contributed by atoms with E-state index in [9.17, 15) is 13.2 Å². The van der Waals surface area contributed by atoms with Crippen LogP contribution in [0.5, 0.6) is 5.75 Å². The highest BCUT2D eigenvalue weighted by molar-refractivity contribution is 7.89. The number of nitrogens with two attached hydrogens (primary N) is 1. The molecule has 7 nitrogen and oxygen atoms in total. The minimum atomic E-state index is -3.84. The number of benzene rings is 1. The number of hydrogen-bond donors (Lipinski definition) is 3. The van der Waals surface area contributed by atoms with E-state index in [1.54, 1.807) is 6.92 Å². The quantitative estimate of drug-likeness (QED) is 0.647. The minimum absolute atomic E-state index is 0.0209. The number of aliphatic hydroxyl groups is 1. The van der Waals surface area contributed by atoms with Gasteiger partial charge in [-0.3, -0.25) is 4.79 Å². The number of sulfonamides is 1. The first-order chi connectivity index (χ1) is 9.35. The van der Waals surface area contributed by atoms with Crippen LogP contribution in [-0.4, -0.2) is 39.2 Å². The minimum Gasteiger partial charge on any atom is -0.496 e. The van der Waals surface area contributed by atoms with E-state index in [1.165, 1.54) is 19.2 Å². The van der Waals surface area contributed by atoms with Gasteiger partial charge in [-0.05, 0) is 24.6 Å². The summed E-state index contributed by atoms with van der Waals surface area (Å²) in [7, 11) is -2.48. The Bertz CT molecular complexity index is 582. The summed E-state index contributed by atoms with van der Waals surface area (Å²) in [6.07, 6.45) is 0.439. The molecule has 1 amide bonds. The summed E-state index contributed by atoms with van der Waals surface area (Å²) in [4.78, 5) is 11.2. The number of amides is 1. The Morgan fingerprint density at radius 1 is 1.50 bits per heavy atom. The van der Waals surface area contributed by atoms with Crippen molar-refractivity contribution in [3.63, 3.8) is 0 Å². The zero-order valence-electron chi connectivity index (χ0n) is 11.3. The number of methoxy groups -OCH3 is 1. The molecule has 1 atom stereocenters. The van der Waals surface area contributed by atoms with Gasteiger partial charge in [0, 0.05) is 6.04 Å². The molecule has 0 saturated carbocycles. The Hall–Kier alpha value is -1.64. The summed E-state index contributed by atoms with van der Waals surface area (Å²) >= 11 is 0. The van der Waals surface area contributed by atoms with E-state index < -0.39 is 22.0 Å². The molecule has 1 rings (SSSR count). The molecule has 20 heavy (non-hydrogen) atoms. The molecule has 0 spiro atoms. The van der Waals surface area contributed by atoms with Crippen LogP contribution < -0.4 is 15.2 Å². The molecule has 112 valence electrons. The van der Waals surface area contributed by atoms with E-state index in [1.807, 2.05) is 0 Å². The molecule has 0 fully saturated rings. The second-order valence-electron chi connectivity index (χ2n) is 4.14. The fourth-order valence-electron chi connectivity index (χ4n) is 1.58. The fourth-order valence-corrected chi connectivity index (χ4v) is 2.92. The third-order valence-electron chi connectivity index (χ3n) is 2.78. The zero-order valence-corrected chi connectivity index (χ0v) is 12.1. The lowest BCUT2D eigenvalue weighted by atomic mass is 10.2. The van der Waals surface area contributed by atoms with Crippen molar-refractivity contribution in [3.05, 3.63) is 23.8 Å². The van der Waals surface area contributed by atoms with E-state index in [0.29, 0.717) is 6.42 Å². The first kappa shape index (κ1) is 16.4. The predicted molar refractivity (Wildman–Crippen MR) is 73.0 cm³/mol. The molecule has 0 aromatic heterocycles. The lowest BCUT2D eigenvalue weighted by Crippen LogP contribution is -2.37. The average Bonchev–Trinajstić information content (AvgIpc) is 2.43. The standard InChI is InChI=1S/C12H18N2O5S/c1-3-8(7-15)14-20(17,18)9-4-5-11(19-2)10(6-9)12(13)16/h4-6,8,14-15H,3,7H2,1-2H3,(H2,13,16)/t8-/m1/s1. The highest BCUT2D eigenvalue weighted by Crippen LogP contribution is 2.22. The molecule has 8 heteroatoms. The van der Waals surface area contributed by atoms with Crippen LogP contribution in [0.2, 0.25) is 0 Å². The fraction of sp³-hybridized carbons (Fsp3) is 0.417. The van der Waals surface area contributed by atoms with E-state index in [-0.39, 0.29) is 22.8 Å². The van der Waals surface area contributed by atoms with Crippen LogP contribution in [0, 0.1) is 0 Å². The summed E-state index contributed by atoms with van der Waals surface area (Å²) in [5, 5.41) is 9.04. The van der Waals surface area contributed by atoms with Gasteiger partial charge in [0.2, 0.25) is 10.0 Å². The van der Waals surface area contributed by atoms with Crippen LogP contribution in [0.25, 0.3) is 0 Å². The molecule has 4 N–H and O–H groups in total. The van der Waals surface area contributed by atoms with Crippen molar-refractivity contribution in [1.82, 2.24) is 4.72 Å². The second kappa shape index (κ2) is 6.69. The van der Waals surface area contributed by atoms with Crippen LogP contribution in [0.4, 0.5) is 0 Å². The van der Waals surface area contributed by atoms with Gasteiger partial charge in [0.1, 0.15) is 5.75 Å². The predicted octanol–water partition coefficient (Wildman–Crippen LogP) is -0.157. The smallest absolute Gasteiger partial charge is 0.252 e. The van der Waals surface area contributed by atoms with Gasteiger partial charge in [0.25, 0.3) is 5.91 Å². The van der Waals surface area contributed by atoms with Crippen LogP contribution in [0.1, 0.15) is 23.7 Å². The number of rotatable bonds is 7. The number of carbonyl (C=O) groups is 1. The Morgan fingerprint density at radius 2 is 2.15 bits per heavy atom. The van der Waals surface area contributed by atoms with Crippen molar-refractivity contribution in [2.24, 2.45) is 5.73 Å². The topological polar surface area (TPSA) is 119 Å². The average molecular weight is 302 g/mol. The first-order valence-corrected chi connectivity index (χ1v) is 7.45. The van der Waals surface area contributed by atoms with E-state index in [4.69, 9.17) is 15.6 Å². The van der Waals surface area contributed by atoms with Gasteiger partial charge >= 0.3 is 0 Å². The van der Waals surface area contributed by atoms with Crippen molar-refractivity contribution in [2.45, 2.75) is 24.3 Å². The maximum absolute atomic E-state index is 12.1. The zero-order chi connectivity index (χ0) is 15.3. The molecule has 0 radical (unpaired) electrons. The van der Waals surface area contributed by atoms with E-state index in [0.717, 1.165) is 6.07 Å². The summed E-state index contributed by atoms with van der Waals surface area (Å²) in [5.41, 5.74) is 5.16. The van der Waals surface area contributed by atoms with Crippen LogP contribution >= 0.6 is 0 Å². The molecule has 1 aromatic carbocycles. The number of hydrogen-bond acceptors (Lipinski definition) is 5. The molecule has 1 aromatic rings. The molecule has 0 aliphatic carbocycles. The number of primary amides is 1. The SMILES string of the molecule is CC[C@H](CO)NS(=O)(=O)c1ccc(OC)c(C(N)=O)c1. The number of nitrogens with one attached hydrogen (secondary N) is 1. The van der Waals surface area contributed by atoms with Crippen molar-refractivity contribution < 1.29 is 23.1 Å². The van der Waals surface area contributed by atoms with Crippen LogP contribution in [0.3, 0.4) is 0 Å². The molecule has 0 bridgehead atoms. The third-order valence-corrected chi connectivity index (χ3v) is 4.30. The summed E-state index contributed by atoms with van der Waals surface area (Å²) in [5.74, 6) is -0.584. The Kier molecular flexibility index (Phi) is 5.49. The lowest BCUT2D eigenvalue weighted by Gasteiger charge is -2.15. The van der Waals surface area contributed by atoms with E-state index in [2.05, 4.69) is 4.72 Å². The maximum atomic E-state index is 12.1. The monoisotopic (exact) mass is 302 g/mol. The highest BCUT2D eigenvalue weighted by atomic mass is 32.2. The van der Waals surface area contributed by atoms with Crippen molar-refractivity contribution in [3.8, 4) is 5.75 Å². The number of ether oxygens (including phenoxy) is 1. The van der Waals surface area contributed by atoms with Crippen LogP contribution in [-0.2, 0) is 10.0 Å². The molecule has 0 aliphatic heterocycles. The number of carbonyl (C=O) groups excluding carboxylic acids is 1. The molecule has 0 unspecified atom stereocenters. The molecular formula is C12H18N2O5S. The number of aliphatic hydroxyl groups excluding tert-OH is 1. The largest absolute Gasteiger partial charge is 0.496 e. The van der Waals surface area contributed by atoms with Gasteiger partial charge in [-0.15, -0.1) is 0 Å². The lowest BCUT2D eigenvalue weighted by molar-refractivity contribution is 0.0997. The Morgan fingerprint density at radius 3 is 2.60 bits per heavy atom. The summed E-state index contributed by atoms with van der Waals surface area (Å²) in [6, 6.07) is 3.22. The Balaban J connectivity index is 3.19. The molecule has 0 saturated heterocycles. The Labute approximate surface area is 117 Å². The molecule has 0 aliphatic rings. The first-order valence-electron chi connectivity index (χ1n) is 5.96. The van der Waals surface area contributed by atoms with Crippen molar-refractivity contribution in [2.75, 3.05) is 13.7 Å². The van der Waals surface area contributed by atoms with Gasteiger partial charge in [-0.2, -0.15) is 0 Å². The normalized spacial score (nSPS) is 12.9. The van der Waals surface area contributed by atoms with Crippen molar-refractivity contribution in [1.29, 1.82) is 0 Å². The van der Waals surface area contributed by atoms with Gasteiger partial charge in [0.05, 0.1) is 24.2 Å². The van der Waals surface area contributed by atoms with E-state index >= 15 is 0 Å². The third kappa shape index (κ3) is 3.69. The second-order valence-corrected chi connectivity index (χ2v) is 5.85. The summed E-state index contributed by atoms with van der Waals surface area (Å²) in [6.45, 7) is 1.43. The van der Waals surface area contributed by atoms with Crippen molar-refractivity contribution >= 4 is 15.9 Å². The molecule has 0 heterocycles. The van der Waals surface area contributed by atoms with Gasteiger partial charge in [-0.25, -0.2) is 13.1 Å². The van der Waals surface area contributed by atoms with Gasteiger partial charge < -0.3 is 15.6 Å². The maximum Gasteiger partial charge on any atom is 0.252 e.